The van der Waals surface area contributed by atoms with Crippen molar-refractivity contribution < 1.29 is 28.5 Å². The molecule has 2 aromatic carbocycles. The SMILES string of the molecule is OC(COCC1COc2ccccc2O1)C[N+]1(Cc2ccc(Cl)cc2)CCOCC1. The molecule has 0 radical (unpaired) electrons. The lowest BCUT2D eigenvalue weighted by molar-refractivity contribution is -0.950. The minimum Gasteiger partial charge on any atom is -0.486 e. The lowest BCUT2D eigenvalue weighted by Crippen LogP contribution is -2.58. The number of aliphatic hydroxyl groups excluding tert-OH is 1. The predicted molar refractivity (Wildman–Crippen MR) is 114 cm³/mol. The van der Waals surface area contributed by atoms with Gasteiger partial charge in [-0.05, 0) is 24.3 Å². The van der Waals surface area contributed by atoms with E-state index in [0.29, 0.717) is 33.0 Å². The largest absolute Gasteiger partial charge is 0.486 e. The van der Waals surface area contributed by atoms with E-state index in [1.165, 1.54) is 5.56 Å². The molecule has 6 nitrogen and oxygen atoms in total. The normalized spacial score (nSPS) is 21.2. The number of fused-ring (bicyclic) bond motifs is 1. The molecule has 4 rings (SSSR count). The second-order valence-electron chi connectivity index (χ2n) is 8.06. The number of quaternary nitrogens is 1. The molecule has 1 saturated heterocycles. The molecule has 30 heavy (non-hydrogen) atoms. The first-order valence-corrected chi connectivity index (χ1v) is 10.8. The van der Waals surface area contributed by atoms with E-state index < -0.39 is 6.10 Å². The molecular weight excluding hydrogens is 406 g/mol. The van der Waals surface area contributed by atoms with Crippen molar-refractivity contribution in [2.75, 3.05) is 52.7 Å². The van der Waals surface area contributed by atoms with E-state index in [0.717, 1.165) is 40.6 Å². The van der Waals surface area contributed by atoms with E-state index in [-0.39, 0.29) is 12.7 Å². The van der Waals surface area contributed by atoms with E-state index in [1.807, 2.05) is 36.4 Å². The average molecular weight is 435 g/mol. The summed E-state index contributed by atoms with van der Waals surface area (Å²) in [4.78, 5) is 0. The maximum absolute atomic E-state index is 10.7. The van der Waals surface area contributed by atoms with Crippen LogP contribution in [-0.2, 0) is 16.0 Å². The van der Waals surface area contributed by atoms with Crippen LogP contribution in [0.5, 0.6) is 11.5 Å². The highest BCUT2D eigenvalue weighted by atomic mass is 35.5. The molecule has 1 N–H and O–H groups in total. The molecule has 0 bridgehead atoms. The average Bonchev–Trinajstić information content (AvgIpc) is 2.76. The van der Waals surface area contributed by atoms with Crippen LogP contribution in [0.4, 0.5) is 0 Å². The molecule has 2 heterocycles. The Bertz CT molecular complexity index is 809. The number of hydrogen-bond donors (Lipinski definition) is 1. The monoisotopic (exact) mass is 434 g/mol. The van der Waals surface area contributed by atoms with E-state index in [1.54, 1.807) is 0 Å². The van der Waals surface area contributed by atoms with Gasteiger partial charge < -0.3 is 28.5 Å². The maximum atomic E-state index is 10.7. The third-order valence-electron chi connectivity index (χ3n) is 5.63. The first-order valence-electron chi connectivity index (χ1n) is 10.4. The Kier molecular flexibility index (Phi) is 7.12. The molecule has 2 aliphatic heterocycles. The number of para-hydroxylation sites is 2. The maximum Gasteiger partial charge on any atom is 0.161 e. The van der Waals surface area contributed by atoms with Gasteiger partial charge in [0.15, 0.2) is 17.6 Å². The fraction of sp³-hybridized carbons (Fsp3) is 0.478. The summed E-state index contributed by atoms with van der Waals surface area (Å²) in [5.74, 6) is 1.49. The first kappa shape index (κ1) is 21.4. The van der Waals surface area contributed by atoms with Crippen LogP contribution >= 0.6 is 11.6 Å². The van der Waals surface area contributed by atoms with Gasteiger partial charge in [0.05, 0.1) is 26.4 Å². The van der Waals surface area contributed by atoms with Crippen LogP contribution in [0.1, 0.15) is 5.56 Å². The molecule has 0 aliphatic carbocycles. The summed E-state index contributed by atoms with van der Waals surface area (Å²) < 4.78 is 23.8. The van der Waals surface area contributed by atoms with Gasteiger partial charge in [-0.25, -0.2) is 0 Å². The third-order valence-corrected chi connectivity index (χ3v) is 5.88. The van der Waals surface area contributed by atoms with E-state index >= 15 is 0 Å². The highest BCUT2D eigenvalue weighted by Gasteiger charge is 2.33. The topological polar surface area (TPSA) is 57.2 Å². The van der Waals surface area contributed by atoms with Gasteiger partial charge in [0.2, 0.25) is 0 Å². The Morgan fingerprint density at radius 1 is 1.07 bits per heavy atom. The van der Waals surface area contributed by atoms with Gasteiger partial charge in [0.1, 0.15) is 38.9 Å². The zero-order valence-corrected chi connectivity index (χ0v) is 17.8. The number of hydrogen-bond acceptors (Lipinski definition) is 5. The van der Waals surface area contributed by atoms with Crippen molar-refractivity contribution in [1.29, 1.82) is 0 Å². The van der Waals surface area contributed by atoms with Crippen LogP contribution in [0.25, 0.3) is 0 Å². The van der Waals surface area contributed by atoms with Crippen molar-refractivity contribution in [2.45, 2.75) is 18.8 Å². The van der Waals surface area contributed by atoms with E-state index in [4.69, 9.17) is 30.5 Å². The first-order chi connectivity index (χ1) is 14.6. The Morgan fingerprint density at radius 2 is 1.80 bits per heavy atom. The molecule has 7 heteroatoms. The van der Waals surface area contributed by atoms with Crippen LogP contribution in [0.15, 0.2) is 48.5 Å². The number of nitrogens with zero attached hydrogens (tertiary/aromatic N) is 1. The second kappa shape index (κ2) is 9.98. The van der Waals surface area contributed by atoms with Gasteiger partial charge in [0, 0.05) is 10.6 Å². The summed E-state index contributed by atoms with van der Waals surface area (Å²) in [6, 6.07) is 15.6. The van der Waals surface area contributed by atoms with Crippen LogP contribution in [0, 0.1) is 0 Å². The van der Waals surface area contributed by atoms with Gasteiger partial charge in [-0.1, -0.05) is 35.9 Å². The van der Waals surface area contributed by atoms with Gasteiger partial charge in [0.25, 0.3) is 0 Å². The molecule has 2 aromatic rings. The Hall–Kier alpha value is -1.83. The lowest BCUT2D eigenvalue weighted by Gasteiger charge is -2.42. The van der Waals surface area contributed by atoms with Crippen molar-refractivity contribution in [3.8, 4) is 11.5 Å². The second-order valence-corrected chi connectivity index (χ2v) is 8.49. The van der Waals surface area contributed by atoms with E-state index in [2.05, 4.69) is 12.1 Å². The molecule has 2 aliphatic rings. The number of ether oxygens (including phenoxy) is 4. The number of rotatable bonds is 8. The van der Waals surface area contributed by atoms with Crippen LogP contribution in [0.2, 0.25) is 5.02 Å². The molecule has 2 atom stereocenters. The molecule has 0 amide bonds. The summed E-state index contributed by atoms with van der Waals surface area (Å²) in [7, 11) is 0. The molecule has 0 aromatic heterocycles. The molecule has 2 unspecified atom stereocenters. The zero-order chi connectivity index (χ0) is 20.8. The van der Waals surface area contributed by atoms with Crippen molar-refractivity contribution >= 4 is 11.6 Å². The van der Waals surface area contributed by atoms with Crippen LogP contribution in [-0.4, -0.2) is 74.5 Å². The fourth-order valence-electron chi connectivity index (χ4n) is 4.09. The smallest absolute Gasteiger partial charge is 0.161 e. The van der Waals surface area contributed by atoms with Crippen molar-refractivity contribution in [3.63, 3.8) is 0 Å². The van der Waals surface area contributed by atoms with E-state index in [9.17, 15) is 5.11 Å². The van der Waals surface area contributed by atoms with Gasteiger partial charge in [-0.3, -0.25) is 0 Å². The van der Waals surface area contributed by atoms with Crippen molar-refractivity contribution in [1.82, 2.24) is 0 Å². The highest BCUT2D eigenvalue weighted by Crippen LogP contribution is 2.30. The number of morpholine rings is 1. The Morgan fingerprint density at radius 3 is 2.57 bits per heavy atom. The molecule has 0 spiro atoms. The molecule has 1 fully saturated rings. The molecule has 162 valence electrons. The summed E-state index contributed by atoms with van der Waals surface area (Å²) in [5.41, 5.74) is 1.21. The standard InChI is InChI=1S/C23H29ClNO5/c24-19-7-5-18(6-8-19)13-25(9-11-27-12-10-25)14-20(26)15-28-16-21-17-29-22-3-1-2-4-23(22)30-21/h1-8,20-21,26H,9-17H2/q+1. The van der Waals surface area contributed by atoms with Crippen LogP contribution < -0.4 is 9.47 Å². The molecule has 0 saturated carbocycles. The number of aliphatic hydroxyl groups is 1. The Balaban J connectivity index is 1.28. The minimum atomic E-state index is -0.563. The van der Waals surface area contributed by atoms with Crippen molar-refractivity contribution in [3.05, 3.63) is 59.1 Å². The van der Waals surface area contributed by atoms with Gasteiger partial charge >= 0.3 is 0 Å². The van der Waals surface area contributed by atoms with Crippen molar-refractivity contribution in [2.24, 2.45) is 0 Å². The fourth-order valence-corrected chi connectivity index (χ4v) is 4.22. The highest BCUT2D eigenvalue weighted by molar-refractivity contribution is 6.30. The summed E-state index contributed by atoms with van der Waals surface area (Å²) in [6.07, 6.45) is -0.736. The summed E-state index contributed by atoms with van der Waals surface area (Å²) in [6.45, 7) is 5.70. The van der Waals surface area contributed by atoms with Gasteiger partial charge in [-0.2, -0.15) is 0 Å². The quantitative estimate of drug-likeness (QED) is 0.647. The zero-order valence-electron chi connectivity index (χ0n) is 17.0. The number of benzene rings is 2. The number of halogens is 1. The Labute approximate surface area is 182 Å². The lowest BCUT2D eigenvalue weighted by atomic mass is 10.1. The minimum absolute atomic E-state index is 0.173. The predicted octanol–water partition coefficient (Wildman–Crippen LogP) is 2.90. The summed E-state index contributed by atoms with van der Waals surface area (Å²) in [5, 5.41) is 11.4. The molecular formula is C23H29ClNO5+. The van der Waals surface area contributed by atoms with Gasteiger partial charge in [-0.15, -0.1) is 0 Å². The third kappa shape index (κ3) is 5.65. The summed E-state index contributed by atoms with van der Waals surface area (Å²) >= 11 is 6.02. The van der Waals surface area contributed by atoms with Crippen LogP contribution in [0.3, 0.4) is 0 Å².